The minimum Gasteiger partial charge on any atom is -0.337 e. The third-order valence-corrected chi connectivity index (χ3v) is 6.85. The average molecular weight is 384 g/mol. The molecule has 0 saturated carbocycles. The van der Waals surface area contributed by atoms with Crippen molar-refractivity contribution in [1.82, 2.24) is 20.0 Å². The summed E-state index contributed by atoms with van der Waals surface area (Å²) in [6.07, 6.45) is 0.917. The summed E-state index contributed by atoms with van der Waals surface area (Å²) in [6, 6.07) is -0.455. The van der Waals surface area contributed by atoms with Gasteiger partial charge in [-0.15, -0.1) is 0 Å². The lowest BCUT2D eigenvalue weighted by atomic mass is 10.1. The van der Waals surface area contributed by atoms with Gasteiger partial charge in [0.15, 0.2) is 16.5 Å². The summed E-state index contributed by atoms with van der Waals surface area (Å²) in [7, 11) is -1.05. The van der Waals surface area contributed by atoms with Crippen LogP contribution >= 0.6 is 0 Å². The first-order chi connectivity index (χ1) is 12.2. The number of rotatable bonds is 5. The van der Waals surface area contributed by atoms with Gasteiger partial charge in [-0.3, -0.25) is 9.48 Å². The maximum absolute atomic E-state index is 11.9. The first-order valence-corrected chi connectivity index (χ1v) is 10.6. The van der Waals surface area contributed by atoms with E-state index in [-0.39, 0.29) is 36.2 Å². The van der Waals surface area contributed by atoms with Gasteiger partial charge in [0.05, 0.1) is 35.9 Å². The Morgan fingerprint density at radius 3 is 2.65 bits per heavy atom. The van der Waals surface area contributed by atoms with Crippen molar-refractivity contribution in [2.45, 2.75) is 39.3 Å². The van der Waals surface area contributed by atoms with Crippen molar-refractivity contribution in [2.24, 2.45) is 0 Å². The highest BCUT2D eigenvalue weighted by Gasteiger charge is 2.32. The quantitative estimate of drug-likeness (QED) is 0.662. The summed E-state index contributed by atoms with van der Waals surface area (Å²) in [4.78, 5) is 26.1. The smallest absolute Gasteiger partial charge is 0.328 e. The van der Waals surface area contributed by atoms with Gasteiger partial charge in [0, 0.05) is 18.7 Å². The number of hydrogen-bond donors (Lipinski definition) is 2. The lowest BCUT2D eigenvalue weighted by molar-refractivity contribution is -0.901. The fraction of sp³-hybridized carbons (Fsp3) is 0.688. The molecular formula is C16H26N5O4S+. The maximum Gasteiger partial charge on any atom is 0.328 e. The van der Waals surface area contributed by atoms with Crippen molar-refractivity contribution in [3.63, 3.8) is 0 Å². The van der Waals surface area contributed by atoms with Crippen molar-refractivity contribution in [3.8, 4) is 0 Å². The molecule has 1 aromatic heterocycles. The Morgan fingerprint density at radius 1 is 1.31 bits per heavy atom. The number of hydrogen-bond acceptors (Lipinski definition) is 5. The van der Waals surface area contributed by atoms with E-state index in [0.717, 1.165) is 21.9 Å². The summed E-state index contributed by atoms with van der Waals surface area (Å²) in [5, 5.41) is 7.25. The molecule has 2 saturated heterocycles. The molecule has 1 aromatic rings. The van der Waals surface area contributed by atoms with Crippen LogP contribution in [0.1, 0.15) is 35.8 Å². The average Bonchev–Trinajstić information content (AvgIpc) is 3.05. The van der Waals surface area contributed by atoms with Crippen LogP contribution in [-0.2, 0) is 21.2 Å². The van der Waals surface area contributed by atoms with Gasteiger partial charge in [0.25, 0.3) is 0 Å². The van der Waals surface area contributed by atoms with Crippen molar-refractivity contribution >= 4 is 21.8 Å². The second-order valence-corrected chi connectivity index (χ2v) is 9.48. The Hall–Kier alpha value is -1.94. The van der Waals surface area contributed by atoms with Crippen molar-refractivity contribution in [2.75, 3.05) is 31.8 Å². The van der Waals surface area contributed by atoms with Crippen LogP contribution in [0.4, 0.5) is 4.79 Å². The van der Waals surface area contributed by atoms with Crippen LogP contribution in [0, 0.1) is 13.8 Å². The van der Waals surface area contributed by atoms with Gasteiger partial charge in [-0.05, 0) is 20.3 Å². The highest BCUT2D eigenvalue weighted by Crippen LogP contribution is 2.26. The molecule has 2 atom stereocenters. The van der Waals surface area contributed by atoms with E-state index in [2.05, 4.69) is 10.4 Å². The number of carbonyl (C=O) groups is 2. The first kappa shape index (κ1) is 18.8. The van der Waals surface area contributed by atoms with Crippen LogP contribution in [0.3, 0.4) is 0 Å². The van der Waals surface area contributed by atoms with E-state index in [1.807, 2.05) is 25.6 Å². The molecule has 10 heteroatoms. The Labute approximate surface area is 153 Å². The molecular weight excluding hydrogens is 358 g/mol. The Kier molecular flexibility index (Phi) is 5.07. The zero-order chi connectivity index (χ0) is 19.1. The second-order valence-electron chi connectivity index (χ2n) is 7.25. The molecule has 0 aromatic carbocycles. The van der Waals surface area contributed by atoms with Gasteiger partial charge in [-0.2, -0.15) is 5.10 Å². The largest absolute Gasteiger partial charge is 0.337 e. The minimum absolute atomic E-state index is 0.109. The SMILES string of the molecule is Cc1nn([C@H]2CCS(=O)(=O)C2)c(C)c1C[NH+](C)CN1C(=O)CCNC1=O. The third kappa shape index (κ3) is 3.75. The predicted octanol–water partition coefficient (Wildman–Crippen LogP) is -1.23. The number of quaternary nitrogens is 1. The molecule has 0 aliphatic carbocycles. The Bertz CT molecular complexity index is 816. The molecule has 0 bridgehead atoms. The van der Waals surface area contributed by atoms with E-state index in [0.29, 0.717) is 25.9 Å². The van der Waals surface area contributed by atoms with Crippen molar-refractivity contribution in [3.05, 3.63) is 17.0 Å². The Balaban J connectivity index is 1.72. The zero-order valence-corrected chi connectivity index (χ0v) is 16.2. The number of nitrogens with zero attached hydrogens (tertiary/aromatic N) is 3. The molecule has 2 N–H and O–H groups in total. The number of aromatic nitrogens is 2. The predicted molar refractivity (Wildman–Crippen MR) is 94.3 cm³/mol. The topological polar surface area (TPSA) is 106 Å². The van der Waals surface area contributed by atoms with Gasteiger partial charge in [0.2, 0.25) is 5.91 Å². The van der Waals surface area contributed by atoms with E-state index in [1.54, 1.807) is 0 Å². The van der Waals surface area contributed by atoms with E-state index in [1.165, 1.54) is 4.90 Å². The van der Waals surface area contributed by atoms with E-state index >= 15 is 0 Å². The maximum atomic E-state index is 11.9. The molecule has 9 nitrogen and oxygen atoms in total. The van der Waals surface area contributed by atoms with Crippen LogP contribution in [0.15, 0.2) is 0 Å². The van der Waals surface area contributed by atoms with Crippen LogP contribution < -0.4 is 10.2 Å². The minimum atomic E-state index is -2.97. The molecule has 3 heterocycles. The van der Waals surface area contributed by atoms with Crippen molar-refractivity contribution in [1.29, 1.82) is 0 Å². The van der Waals surface area contributed by atoms with Crippen LogP contribution in [-0.4, -0.2) is 66.8 Å². The van der Waals surface area contributed by atoms with Gasteiger partial charge in [0.1, 0.15) is 6.54 Å². The molecule has 0 radical (unpaired) electrons. The van der Waals surface area contributed by atoms with Gasteiger partial charge in [-0.1, -0.05) is 0 Å². The van der Waals surface area contributed by atoms with E-state index in [9.17, 15) is 18.0 Å². The first-order valence-electron chi connectivity index (χ1n) is 8.82. The molecule has 2 fully saturated rings. The standard InChI is InChI=1S/C16H25N5O4S/c1-11-14(8-19(3)10-20-15(22)4-6-17-16(20)23)12(2)21(18-11)13-5-7-26(24,25)9-13/h13H,4-10H2,1-3H3,(H,17,23)/p+1/t13-/m0/s1. The van der Waals surface area contributed by atoms with Crippen molar-refractivity contribution < 1.29 is 22.9 Å². The molecule has 2 aliphatic rings. The number of amides is 3. The normalized spacial score (nSPS) is 24.0. The fourth-order valence-electron chi connectivity index (χ4n) is 3.68. The number of imide groups is 1. The van der Waals surface area contributed by atoms with Gasteiger partial charge >= 0.3 is 6.03 Å². The number of carbonyl (C=O) groups excluding carboxylic acids is 2. The number of sulfone groups is 1. The van der Waals surface area contributed by atoms with Crippen LogP contribution in [0.2, 0.25) is 0 Å². The lowest BCUT2D eigenvalue weighted by Gasteiger charge is -2.27. The van der Waals surface area contributed by atoms with Gasteiger partial charge < -0.3 is 10.2 Å². The monoisotopic (exact) mass is 384 g/mol. The fourth-order valence-corrected chi connectivity index (χ4v) is 5.38. The van der Waals surface area contributed by atoms with E-state index < -0.39 is 9.84 Å². The molecule has 2 aliphatic heterocycles. The van der Waals surface area contributed by atoms with E-state index in [4.69, 9.17) is 0 Å². The molecule has 26 heavy (non-hydrogen) atoms. The number of urea groups is 1. The number of aryl methyl sites for hydroxylation is 1. The molecule has 0 spiro atoms. The second kappa shape index (κ2) is 6.99. The highest BCUT2D eigenvalue weighted by molar-refractivity contribution is 7.91. The Morgan fingerprint density at radius 2 is 2.04 bits per heavy atom. The summed E-state index contributed by atoms with van der Waals surface area (Å²) in [5.74, 6) is 0.191. The zero-order valence-electron chi connectivity index (χ0n) is 15.4. The lowest BCUT2D eigenvalue weighted by Crippen LogP contribution is -3.09. The molecule has 3 amide bonds. The molecule has 1 unspecified atom stereocenters. The van der Waals surface area contributed by atoms with Crippen LogP contribution in [0.25, 0.3) is 0 Å². The summed E-state index contributed by atoms with van der Waals surface area (Å²) in [6.45, 7) is 5.14. The molecule has 3 rings (SSSR count). The molecule has 144 valence electrons. The third-order valence-electron chi connectivity index (χ3n) is 5.10. The summed E-state index contributed by atoms with van der Waals surface area (Å²) in [5.41, 5.74) is 2.86. The summed E-state index contributed by atoms with van der Waals surface area (Å²) >= 11 is 0. The summed E-state index contributed by atoms with van der Waals surface area (Å²) < 4.78 is 25.3. The van der Waals surface area contributed by atoms with Crippen LogP contribution in [0.5, 0.6) is 0 Å². The number of nitrogens with one attached hydrogen (secondary N) is 2. The highest BCUT2D eigenvalue weighted by atomic mass is 32.2. The van der Waals surface area contributed by atoms with Gasteiger partial charge in [-0.25, -0.2) is 18.1 Å².